The van der Waals surface area contributed by atoms with Gasteiger partial charge in [-0.25, -0.2) is 17.8 Å². The van der Waals surface area contributed by atoms with Gasteiger partial charge in [-0.2, -0.15) is 9.29 Å². The largest absolute Gasteiger partial charge is 0.497 e. The summed E-state index contributed by atoms with van der Waals surface area (Å²) in [5, 5.41) is 3.27. The summed E-state index contributed by atoms with van der Waals surface area (Å²) in [6, 6.07) is 13.1. The molecule has 4 rings (SSSR count). The molecule has 0 amide bonds. The highest BCUT2D eigenvalue weighted by Gasteiger charge is 2.30. The van der Waals surface area contributed by atoms with Crippen molar-refractivity contribution in [2.45, 2.75) is 18.7 Å². The number of aromatic nitrogens is 2. The third-order valence-electron chi connectivity index (χ3n) is 5.48. The van der Waals surface area contributed by atoms with Gasteiger partial charge in [0.15, 0.2) is 0 Å². The zero-order valence-corrected chi connectivity index (χ0v) is 19.6. The van der Waals surface area contributed by atoms with E-state index in [2.05, 4.69) is 15.3 Å². The molecule has 0 atom stereocenters. The molecular weight excluding hydrogens is 445 g/mol. The Kier molecular flexibility index (Phi) is 6.48. The van der Waals surface area contributed by atoms with Gasteiger partial charge in [-0.3, -0.25) is 0 Å². The molecule has 0 saturated carbocycles. The molecule has 1 aromatic heterocycles. The molecule has 174 valence electrons. The molecule has 3 aromatic rings. The number of piperazine rings is 1. The number of hydrogen-bond donors (Lipinski definition) is 1. The maximum atomic E-state index is 13.4. The predicted molar refractivity (Wildman–Crippen MR) is 125 cm³/mol. The van der Waals surface area contributed by atoms with Gasteiger partial charge >= 0.3 is 0 Å². The number of halogens is 1. The maximum Gasteiger partial charge on any atom is 0.243 e. The summed E-state index contributed by atoms with van der Waals surface area (Å²) in [6.07, 6.45) is 0. The number of methoxy groups -OCH3 is 1. The second-order valence-corrected chi connectivity index (χ2v) is 9.76. The summed E-state index contributed by atoms with van der Waals surface area (Å²) in [5.74, 6) is 1.51. The molecule has 1 aliphatic heterocycles. The van der Waals surface area contributed by atoms with Crippen LogP contribution in [0.5, 0.6) is 5.75 Å². The van der Waals surface area contributed by atoms with Crippen molar-refractivity contribution in [2.75, 3.05) is 43.5 Å². The third-order valence-corrected chi connectivity index (χ3v) is 7.54. The number of hydrogen-bond acceptors (Lipinski definition) is 7. The van der Waals surface area contributed by atoms with E-state index in [1.165, 1.54) is 22.5 Å². The SMILES string of the molecule is COc1ccc(Nc2cc(C)nc(N3CCN(S(=O)(=O)c4ccc(F)cc4C)CC3)n2)cc1. The number of ether oxygens (including phenoxy) is 1. The average molecular weight is 472 g/mol. The van der Waals surface area contributed by atoms with E-state index < -0.39 is 15.8 Å². The smallest absolute Gasteiger partial charge is 0.243 e. The molecule has 33 heavy (non-hydrogen) atoms. The average Bonchev–Trinajstić information content (AvgIpc) is 2.79. The second kappa shape index (κ2) is 9.32. The Morgan fingerprint density at radius 2 is 1.67 bits per heavy atom. The monoisotopic (exact) mass is 471 g/mol. The molecule has 0 unspecified atom stereocenters. The van der Waals surface area contributed by atoms with Gasteiger partial charge in [0.05, 0.1) is 12.0 Å². The molecule has 8 nitrogen and oxygen atoms in total. The van der Waals surface area contributed by atoms with Crippen molar-refractivity contribution >= 4 is 27.5 Å². The lowest BCUT2D eigenvalue weighted by Crippen LogP contribution is -2.49. The van der Waals surface area contributed by atoms with Gasteiger partial charge in [-0.1, -0.05) is 0 Å². The first-order valence-electron chi connectivity index (χ1n) is 10.5. The van der Waals surface area contributed by atoms with Crippen molar-refractivity contribution in [2.24, 2.45) is 0 Å². The molecule has 1 fully saturated rings. The van der Waals surface area contributed by atoms with Crippen LogP contribution in [0.1, 0.15) is 11.3 Å². The predicted octanol–water partition coefficient (Wildman–Crippen LogP) is 3.50. The summed E-state index contributed by atoms with van der Waals surface area (Å²) < 4.78 is 46.1. The second-order valence-electron chi connectivity index (χ2n) is 7.85. The first-order valence-corrected chi connectivity index (χ1v) is 12.0. The van der Waals surface area contributed by atoms with Crippen LogP contribution in [0.3, 0.4) is 0 Å². The topological polar surface area (TPSA) is 87.7 Å². The van der Waals surface area contributed by atoms with Crippen molar-refractivity contribution in [3.05, 3.63) is 65.6 Å². The lowest BCUT2D eigenvalue weighted by atomic mass is 10.2. The van der Waals surface area contributed by atoms with E-state index in [0.717, 1.165) is 17.1 Å². The number of nitrogens with one attached hydrogen (secondary N) is 1. The van der Waals surface area contributed by atoms with Crippen LogP contribution in [-0.4, -0.2) is 56.0 Å². The molecule has 0 spiro atoms. The van der Waals surface area contributed by atoms with E-state index >= 15 is 0 Å². The van der Waals surface area contributed by atoms with Crippen LogP contribution in [0.2, 0.25) is 0 Å². The van der Waals surface area contributed by atoms with Crippen LogP contribution in [0, 0.1) is 19.7 Å². The van der Waals surface area contributed by atoms with Gasteiger partial charge in [0, 0.05) is 43.6 Å². The molecule has 1 aliphatic rings. The number of nitrogens with zero attached hydrogens (tertiary/aromatic N) is 4. The lowest BCUT2D eigenvalue weighted by Gasteiger charge is -2.34. The number of benzene rings is 2. The summed E-state index contributed by atoms with van der Waals surface area (Å²) in [6.45, 7) is 4.97. The van der Waals surface area contributed by atoms with Crippen LogP contribution < -0.4 is 15.0 Å². The van der Waals surface area contributed by atoms with E-state index in [0.29, 0.717) is 30.4 Å². The summed E-state index contributed by atoms with van der Waals surface area (Å²) in [4.78, 5) is 11.3. The van der Waals surface area contributed by atoms with Gasteiger partial charge in [0.2, 0.25) is 16.0 Å². The highest BCUT2D eigenvalue weighted by atomic mass is 32.2. The quantitative estimate of drug-likeness (QED) is 0.589. The Morgan fingerprint density at radius 3 is 2.30 bits per heavy atom. The summed E-state index contributed by atoms with van der Waals surface area (Å²) >= 11 is 0. The number of anilines is 3. The minimum absolute atomic E-state index is 0.134. The minimum Gasteiger partial charge on any atom is -0.497 e. The Labute approximate surface area is 193 Å². The minimum atomic E-state index is -3.70. The molecule has 10 heteroatoms. The maximum absolute atomic E-state index is 13.4. The van der Waals surface area contributed by atoms with E-state index in [1.807, 2.05) is 42.2 Å². The molecular formula is C23H26FN5O3S. The molecule has 1 N–H and O–H groups in total. The number of sulfonamides is 1. The Hall–Kier alpha value is -3.24. The van der Waals surface area contributed by atoms with Crippen molar-refractivity contribution in [1.29, 1.82) is 0 Å². The van der Waals surface area contributed by atoms with E-state index in [9.17, 15) is 12.8 Å². The molecule has 2 heterocycles. The zero-order chi connectivity index (χ0) is 23.6. The van der Waals surface area contributed by atoms with Crippen molar-refractivity contribution in [1.82, 2.24) is 14.3 Å². The van der Waals surface area contributed by atoms with Crippen LogP contribution >= 0.6 is 0 Å². The van der Waals surface area contributed by atoms with Gasteiger partial charge < -0.3 is 15.0 Å². The van der Waals surface area contributed by atoms with Gasteiger partial charge in [0.1, 0.15) is 17.4 Å². The Bertz CT molecular complexity index is 1240. The molecule has 0 aliphatic carbocycles. The van der Waals surface area contributed by atoms with Gasteiger partial charge in [-0.15, -0.1) is 0 Å². The fraction of sp³-hybridized carbons (Fsp3) is 0.304. The van der Waals surface area contributed by atoms with Crippen molar-refractivity contribution in [3.8, 4) is 5.75 Å². The number of rotatable bonds is 6. The van der Waals surface area contributed by atoms with E-state index in [1.54, 1.807) is 14.0 Å². The Morgan fingerprint density at radius 1 is 0.970 bits per heavy atom. The Balaban J connectivity index is 1.47. The molecule has 2 aromatic carbocycles. The van der Waals surface area contributed by atoms with Crippen molar-refractivity contribution < 1.29 is 17.5 Å². The highest BCUT2D eigenvalue weighted by molar-refractivity contribution is 7.89. The van der Waals surface area contributed by atoms with Crippen LogP contribution in [-0.2, 0) is 10.0 Å². The van der Waals surface area contributed by atoms with E-state index in [4.69, 9.17) is 4.74 Å². The van der Waals surface area contributed by atoms with Gasteiger partial charge in [0.25, 0.3) is 0 Å². The molecule has 0 radical (unpaired) electrons. The highest BCUT2D eigenvalue weighted by Crippen LogP contribution is 2.24. The standard InChI is InChI=1S/C23H26FN5O3S/c1-16-14-18(24)4-9-21(16)33(30,31)29-12-10-28(11-13-29)23-25-17(2)15-22(27-23)26-19-5-7-20(32-3)8-6-19/h4-9,14-15H,10-13H2,1-3H3,(H,25,26,27). The van der Waals surface area contributed by atoms with Gasteiger partial charge in [-0.05, 0) is 61.9 Å². The summed E-state index contributed by atoms with van der Waals surface area (Å²) in [5.41, 5.74) is 2.06. The summed E-state index contributed by atoms with van der Waals surface area (Å²) in [7, 11) is -2.08. The third kappa shape index (κ3) is 5.07. The fourth-order valence-electron chi connectivity index (χ4n) is 3.75. The van der Waals surface area contributed by atoms with Crippen LogP contribution in [0.15, 0.2) is 53.4 Å². The van der Waals surface area contributed by atoms with Crippen LogP contribution in [0.4, 0.5) is 21.8 Å². The zero-order valence-electron chi connectivity index (χ0n) is 18.7. The molecule has 0 bridgehead atoms. The first-order chi connectivity index (χ1) is 15.8. The molecule has 1 saturated heterocycles. The normalized spacial score (nSPS) is 14.8. The van der Waals surface area contributed by atoms with Crippen molar-refractivity contribution in [3.63, 3.8) is 0 Å². The van der Waals surface area contributed by atoms with E-state index in [-0.39, 0.29) is 18.0 Å². The number of aryl methyl sites for hydroxylation is 2. The first kappa shape index (κ1) is 22.9. The lowest BCUT2D eigenvalue weighted by molar-refractivity contribution is 0.382. The fourth-order valence-corrected chi connectivity index (χ4v) is 5.38. The van der Waals surface area contributed by atoms with Crippen LogP contribution in [0.25, 0.3) is 0 Å².